The molecule has 2 saturated heterocycles. The number of piperidine rings is 1. The van der Waals surface area contributed by atoms with E-state index in [-0.39, 0.29) is 23.8 Å². The Morgan fingerprint density at radius 2 is 2.04 bits per heavy atom. The number of Topliss-reactive ketones (excluding diaryl/α,β-unsaturated/α-hetero) is 1. The van der Waals surface area contributed by atoms with Crippen LogP contribution in [0.3, 0.4) is 0 Å². The van der Waals surface area contributed by atoms with Gasteiger partial charge in [0.2, 0.25) is 0 Å². The predicted molar refractivity (Wildman–Crippen MR) is 92.4 cm³/mol. The van der Waals surface area contributed by atoms with Crippen LogP contribution in [0.1, 0.15) is 51.0 Å². The van der Waals surface area contributed by atoms with Gasteiger partial charge in [-0.15, -0.1) is 0 Å². The molecule has 4 heteroatoms. The van der Waals surface area contributed by atoms with Gasteiger partial charge in [0, 0.05) is 25.0 Å². The van der Waals surface area contributed by atoms with E-state index in [4.69, 9.17) is 4.74 Å². The molecule has 0 N–H and O–H groups in total. The van der Waals surface area contributed by atoms with Crippen molar-refractivity contribution >= 4 is 11.8 Å². The Morgan fingerprint density at radius 1 is 1.29 bits per heavy atom. The lowest BCUT2D eigenvalue weighted by atomic mass is 9.69. The third-order valence-electron chi connectivity index (χ3n) is 5.81. The van der Waals surface area contributed by atoms with E-state index in [1.807, 2.05) is 18.2 Å². The fourth-order valence-corrected chi connectivity index (χ4v) is 4.60. The highest BCUT2D eigenvalue weighted by atomic mass is 16.5. The van der Waals surface area contributed by atoms with Gasteiger partial charge >= 0.3 is 5.97 Å². The maximum Gasteiger partial charge on any atom is 0.320 e. The zero-order valence-corrected chi connectivity index (χ0v) is 14.7. The molecule has 2 bridgehead atoms. The second-order valence-corrected chi connectivity index (χ2v) is 7.10. The Bertz CT molecular complexity index is 600. The summed E-state index contributed by atoms with van der Waals surface area (Å²) in [6.45, 7) is 2.89. The number of nitrogens with zero attached hydrogens (tertiary/aromatic N) is 1. The van der Waals surface area contributed by atoms with Crippen LogP contribution in [0.2, 0.25) is 0 Å². The van der Waals surface area contributed by atoms with Gasteiger partial charge in [-0.05, 0) is 24.8 Å². The summed E-state index contributed by atoms with van der Waals surface area (Å²) < 4.78 is 5.12. The SMILES string of the molecule is CCCC[C@]1(C(=O)OC)C(=O)C[C@H]2CC[C@@H]1N2Cc1ccccc1. The van der Waals surface area contributed by atoms with Crippen LogP contribution in [0.5, 0.6) is 0 Å². The molecule has 3 rings (SSSR count). The quantitative estimate of drug-likeness (QED) is 0.593. The van der Waals surface area contributed by atoms with Crippen LogP contribution in [-0.2, 0) is 20.9 Å². The molecule has 0 spiro atoms. The zero-order chi connectivity index (χ0) is 17.2. The van der Waals surface area contributed by atoms with Crippen LogP contribution in [0.15, 0.2) is 30.3 Å². The van der Waals surface area contributed by atoms with E-state index < -0.39 is 5.41 Å². The number of hydrogen-bond acceptors (Lipinski definition) is 4. The van der Waals surface area contributed by atoms with Crippen molar-refractivity contribution in [3.8, 4) is 0 Å². The average molecular weight is 329 g/mol. The number of fused-ring (bicyclic) bond motifs is 2. The molecule has 2 fully saturated rings. The van der Waals surface area contributed by atoms with E-state index in [1.54, 1.807) is 0 Å². The predicted octanol–water partition coefficient (Wildman–Crippen LogP) is 3.34. The Labute approximate surface area is 144 Å². The maximum atomic E-state index is 13.0. The maximum absolute atomic E-state index is 13.0. The fraction of sp³-hybridized carbons (Fsp3) is 0.600. The lowest BCUT2D eigenvalue weighted by molar-refractivity contribution is -0.167. The monoisotopic (exact) mass is 329 g/mol. The molecule has 2 heterocycles. The number of hydrogen-bond donors (Lipinski definition) is 0. The smallest absolute Gasteiger partial charge is 0.320 e. The van der Waals surface area contributed by atoms with Crippen LogP contribution in [-0.4, -0.2) is 35.8 Å². The second-order valence-electron chi connectivity index (χ2n) is 7.10. The summed E-state index contributed by atoms with van der Waals surface area (Å²) in [5, 5.41) is 0. The minimum absolute atomic E-state index is 0.0250. The number of benzene rings is 1. The largest absolute Gasteiger partial charge is 0.468 e. The first kappa shape index (κ1) is 17.2. The molecule has 4 nitrogen and oxygen atoms in total. The van der Waals surface area contributed by atoms with Crippen molar-refractivity contribution < 1.29 is 14.3 Å². The van der Waals surface area contributed by atoms with Crippen molar-refractivity contribution in [2.45, 2.75) is 64.1 Å². The van der Waals surface area contributed by atoms with E-state index in [0.717, 1.165) is 32.2 Å². The standard InChI is InChI=1S/C20H27NO3/c1-3-4-12-20(19(23)24-2)17-11-10-16(13-18(20)22)21(17)14-15-8-6-5-7-9-15/h5-9,16-17H,3-4,10-14H2,1-2H3/t16-,17+,20-/m1/s1. The number of methoxy groups -OCH3 is 1. The van der Waals surface area contributed by atoms with E-state index >= 15 is 0 Å². The van der Waals surface area contributed by atoms with E-state index in [9.17, 15) is 9.59 Å². The molecule has 1 aromatic rings. The fourth-order valence-electron chi connectivity index (χ4n) is 4.60. The third kappa shape index (κ3) is 2.77. The van der Waals surface area contributed by atoms with Gasteiger partial charge in [0.25, 0.3) is 0 Å². The molecule has 0 aromatic heterocycles. The van der Waals surface area contributed by atoms with Crippen LogP contribution in [0.4, 0.5) is 0 Å². The molecule has 0 aliphatic carbocycles. The number of esters is 1. The number of carbonyl (C=O) groups is 2. The Hall–Kier alpha value is -1.68. The van der Waals surface area contributed by atoms with Gasteiger partial charge in [-0.3, -0.25) is 14.5 Å². The first-order valence-corrected chi connectivity index (χ1v) is 9.05. The van der Waals surface area contributed by atoms with Crippen molar-refractivity contribution in [1.82, 2.24) is 4.90 Å². The van der Waals surface area contributed by atoms with Crippen molar-refractivity contribution in [3.05, 3.63) is 35.9 Å². The molecule has 0 radical (unpaired) electrons. The molecule has 3 atom stereocenters. The molecular formula is C20H27NO3. The number of ketones is 1. The summed E-state index contributed by atoms with van der Waals surface area (Å²) in [4.78, 5) is 28.1. The van der Waals surface area contributed by atoms with Gasteiger partial charge in [0.05, 0.1) is 7.11 Å². The van der Waals surface area contributed by atoms with E-state index in [1.165, 1.54) is 12.7 Å². The summed E-state index contributed by atoms with van der Waals surface area (Å²) in [6, 6.07) is 10.6. The van der Waals surface area contributed by atoms with Crippen LogP contribution >= 0.6 is 0 Å². The summed E-state index contributed by atoms with van der Waals surface area (Å²) in [5.74, 6) is -0.232. The lowest BCUT2D eigenvalue weighted by Gasteiger charge is -2.45. The normalized spacial score (nSPS) is 29.7. The molecule has 0 amide bonds. The van der Waals surface area contributed by atoms with Gasteiger partial charge in [-0.25, -0.2) is 0 Å². The summed E-state index contributed by atoms with van der Waals surface area (Å²) in [7, 11) is 1.41. The highest BCUT2D eigenvalue weighted by molar-refractivity contribution is 6.05. The Balaban J connectivity index is 1.93. The first-order valence-electron chi connectivity index (χ1n) is 9.05. The molecule has 0 saturated carbocycles. The number of carbonyl (C=O) groups excluding carboxylic acids is 2. The van der Waals surface area contributed by atoms with Gasteiger partial charge in [0.1, 0.15) is 5.41 Å². The van der Waals surface area contributed by atoms with E-state index in [2.05, 4.69) is 24.0 Å². The molecule has 1 aromatic carbocycles. The van der Waals surface area contributed by atoms with Crippen molar-refractivity contribution in [3.63, 3.8) is 0 Å². The third-order valence-corrected chi connectivity index (χ3v) is 5.81. The lowest BCUT2D eigenvalue weighted by Crippen LogP contribution is -2.60. The van der Waals surface area contributed by atoms with Crippen LogP contribution in [0.25, 0.3) is 0 Å². The zero-order valence-electron chi connectivity index (χ0n) is 14.7. The molecule has 24 heavy (non-hydrogen) atoms. The van der Waals surface area contributed by atoms with Gasteiger partial charge < -0.3 is 4.74 Å². The highest BCUT2D eigenvalue weighted by Crippen LogP contribution is 2.48. The van der Waals surface area contributed by atoms with Crippen molar-refractivity contribution in [2.24, 2.45) is 5.41 Å². The topological polar surface area (TPSA) is 46.6 Å². The summed E-state index contributed by atoms with van der Waals surface area (Å²) in [5.41, 5.74) is 0.269. The van der Waals surface area contributed by atoms with E-state index in [0.29, 0.717) is 12.8 Å². The Kier molecular flexibility index (Phi) is 5.04. The molecular weight excluding hydrogens is 302 g/mol. The summed E-state index contributed by atoms with van der Waals surface area (Å²) >= 11 is 0. The van der Waals surface area contributed by atoms with Crippen LogP contribution in [0, 0.1) is 5.41 Å². The Morgan fingerprint density at radius 3 is 2.71 bits per heavy atom. The average Bonchev–Trinajstić information content (AvgIpc) is 2.91. The minimum Gasteiger partial charge on any atom is -0.468 e. The summed E-state index contributed by atoms with van der Waals surface area (Å²) in [6.07, 6.45) is 4.83. The second kappa shape index (κ2) is 7.06. The molecule has 2 aliphatic heterocycles. The van der Waals surface area contributed by atoms with Gasteiger partial charge in [-0.1, -0.05) is 50.1 Å². The number of ether oxygens (including phenoxy) is 1. The molecule has 2 aliphatic rings. The number of rotatable bonds is 6. The minimum atomic E-state index is -0.966. The molecule has 130 valence electrons. The van der Waals surface area contributed by atoms with Crippen LogP contribution < -0.4 is 0 Å². The van der Waals surface area contributed by atoms with Crippen molar-refractivity contribution in [2.75, 3.05) is 7.11 Å². The molecule has 0 unspecified atom stereocenters. The van der Waals surface area contributed by atoms with Crippen molar-refractivity contribution in [1.29, 1.82) is 0 Å². The van der Waals surface area contributed by atoms with Gasteiger partial charge in [0.15, 0.2) is 5.78 Å². The highest BCUT2D eigenvalue weighted by Gasteiger charge is 2.60. The number of unbranched alkanes of at least 4 members (excludes halogenated alkanes) is 1. The van der Waals surface area contributed by atoms with Gasteiger partial charge in [-0.2, -0.15) is 0 Å². The first-order chi connectivity index (χ1) is 11.6.